The molecular formula is C6H5BClF3N-. The molecule has 0 unspecified atom stereocenters. The lowest BCUT2D eigenvalue weighted by Gasteiger charge is -2.14. The van der Waals surface area contributed by atoms with Crippen molar-refractivity contribution in [2.24, 2.45) is 0 Å². The summed E-state index contributed by atoms with van der Waals surface area (Å²) in [5, 5.41) is -0.121. The van der Waals surface area contributed by atoms with E-state index in [4.69, 9.17) is 11.6 Å². The minimum Gasteiger partial charge on any atom is -0.445 e. The van der Waals surface area contributed by atoms with Crippen LogP contribution >= 0.6 is 11.6 Å². The summed E-state index contributed by atoms with van der Waals surface area (Å²) in [6, 6.07) is 1.81. The van der Waals surface area contributed by atoms with Gasteiger partial charge in [0, 0.05) is 5.69 Å². The third kappa shape index (κ3) is 2.14. The Morgan fingerprint density at radius 2 is 1.92 bits per heavy atom. The highest BCUT2D eigenvalue weighted by Gasteiger charge is 2.25. The van der Waals surface area contributed by atoms with Gasteiger partial charge in [0.05, 0.1) is 0 Å². The number of aryl methyl sites for hydroxylation is 1. The van der Waals surface area contributed by atoms with Gasteiger partial charge in [-0.15, -0.1) is 5.46 Å². The molecule has 1 nitrogen and oxygen atoms in total. The number of rotatable bonds is 1. The first-order chi connectivity index (χ1) is 5.39. The van der Waals surface area contributed by atoms with Gasteiger partial charge in [-0.3, -0.25) is 0 Å². The predicted molar refractivity (Wildman–Crippen MR) is 42.7 cm³/mol. The Bertz CT molecular complexity index is 279. The Kier molecular flexibility index (Phi) is 2.33. The predicted octanol–water partition coefficient (Wildman–Crippen LogP) is 2.10. The molecule has 66 valence electrons. The molecule has 0 saturated carbocycles. The number of aromatic nitrogens is 1. The monoisotopic (exact) mass is 194 g/mol. The fourth-order valence-corrected chi connectivity index (χ4v) is 1.10. The number of nitrogens with zero attached hydrogens (tertiary/aromatic N) is 1. The molecule has 12 heavy (non-hydrogen) atoms. The lowest BCUT2D eigenvalue weighted by Crippen LogP contribution is -2.34. The van der Waals surface area contributed by atoms with Crippen molar-refractivity contribution in [2.75, 3.05) is 0 Å². The maximum atomic E-state index is 12.1. The van der Waals surface area contributed by atoms with E-state index in [-0.39, 0.29) is 10.8 Å². The van der Waals surface area contributed by atoms with Crippen molar-refractivity contribution < 1.29 is 12.9 Å². The number of hydrogen-bond acceptors (Lipinski definition) is 1. The molecule has 0 N–H and O–H groups in total. The van der Waals surface area contributed by atoms with Crippen LogP contribution in [0.25, 0.3) is 0 Å². The van der Waals surface area contributed by atoms with Crippen molar-refractivity contribution in [3.63, 3.8) is 0 Å². The second kappa shape index (κ2) is 2.97. The van der Waals surface area contributed by atoms with Crippen LogP contribution in [0.2, 0.25) is 5.15 Å². The summed E-state index contributed by atoms with van der Waals surface area (Å²) < 4.78 is 36.4. The van der Waals surface area contributed by atoms with Gasteiger partial charge in [-0.1, -0.05) is 23.7 Å². The molecule has 0 amide bonds. The van der Waals surface area contributed by atoms with Crippen LogP contribution in [-0.4, -0.2) is 12.0 Å². The minimum atomic E-state index is -4.97. The van der Waals surface area contributed by atoms with Gasteiger partial charge in [-0.25, -0.2) is 4.98 Å². The first kappa shape index (κ1) is 9.38. The summed E-state index contributed by atoms with van der Waals surface area (Å²) in [6.07, 6.45) is 0. The molecule has 1 aromatic rings. The molecule has 0 saturated heterocycles. The molecular weight excluding hydrogens is 189 g/mol. The molecule has 0 aromatic carbocycles. The van der Waals surface area contributed by atoms with Gasteiger partial charge in [0.1, 0.15) is 5.15 Å². The Morgan fingerprint density at radius 3 is 2.33 bits per heavy atom. The molecule has 0 aliphatic carbocycles. The van der Waals surface area contributed by atoms with E-state index in [1.54, 1.807) is 0 Å². The smallest absolute Gasteiger partial charge is 0.445 e. The summed E-state index contributed by atoms with van der Waals surface area (Å²) in [5.74, 6) is 0. The van der Waals surface area contributed by atoms with E-state index in [0.717, 1.165) is 12.1 Å². The summed E-state index contributed by atoms with van der Waals surface area (Å²) in [4.78, 5) is 3.62. The fraction of sp³-hybridized carbons (Fsp3) is 0.167. The first-order valence-electron chi connectivity index (χ1n) is 3.23. The molecule has 0 bridgehead atoms. The number of halogens is 4. The van der Waals surface area contributed by atoms with E-state index in [0.29, 0.717) is 0 Å². The van der Waals surface area contributed by atoms with Crippen molar-refractivity contribution >= 4 is 24.0 Å². The second-order valence-corrected chi connectivity index (χ2v) is 2.83. The zero-order chi connectivity index (χ0) is 9.35. The maximum absolute atomic E-state index is 12.1. The molecule has 0 radical (unpaired) electrons. The van der Waals surface area contributed by atoms with Gasteiger partial charge in [0.2, 0.25) is 0 Å². The zero-order valence-corrected chi connectivity index (χ0v) is 6.95. The van der Waals surface area contributed by atoms with E-state index in [1.807, 2.05) is 0 Å². The van der Waals surface area contributed by atoms with E-state index in [1.165, 1.54) is 6.92 Å². The summed E-state index contributed by atoms with van der Waals surface area (Å²) >= 11 is 5.36. The van der Waals surface area contributed by atoms with Gasteiger partial charge < -0.3 is 12.9 Å². The molecule has 0 aliphatic rings. The van der Waals surface area contributed by atoms with Crippen LogP contribution in [0, 0.1) is 6.92 Å². The van der Waals surface area contributed by atoms with Crippen LogP contribution in [0.15, 0.2) is 12.1 Å². The summed E-state index contributed by atoms with van der Waals surface area (Å²) in [5.41, 5.74) is -0.427. The van der Waals surface area contributed by atoms with Gasteiger partial charge >= 0.3 is 6.98 Å². The van der Waals surface area contributed by atoms with Gasteiger partial charge in [0.25, 0.3) is 0 Å². The topological polar surface area (TPSA) is 12.9 Å². The number of hydrogen-bond donors (Lipinski definition) is 0. The SMILES string of the molecule is Cc1cc([B-](F)(F)F)cc(Cl)n1. The second-order valence-electron chi connectivity index (χ2n) is 2.44. The van der Waals surface area contributed by atoms with E-state index >= 15 is 0 Å². The van der Waals surface area contributed by atoms with Crippen LogP contribution in [0.3, 0.4) is 0 Å². The molecule has 6 heteroatoms. The van der Waals surface area contributed by atoms with Crippen LogP contribution in [-0.2, 0) is 0 Å². The molecule has 1 aromatic heterocycles. The Balaban J connectivity index is 3.18. The molecule has 0 spiro atoms. The Labute approximate surface area is 72.6 Å². The number of pyridine rings is 1. The third-order valence-electron chi connectivity index (χ3n) is 1.32. The van der Waals surface area contributed by atoms with Crippen molar-refractivity contribution in [2.45, 2.75) is 6.92 Å². The van der Waals surface area contributed by atoms with E-state index < -0.39 is 12.4 Å². The van der Waals surface area contributed by atoms with Gasteiger partial charge in [-0.05, 0) is 6.92 Å². The normalized spacial score (nSPS) is 11.8. The maximum Gasteiger partial charge on any atom is 0.509 e. The highest BCUT2D eigenvalue weighted by atomic mass is 35.5. The van der Waals surface area contributed by atoms with Gasteiger partial charge in [0.15, 0.2) is 0 Å². The molecule has 0 atom stereocenters. The van der Waals surface area contributed by atoms with Crippen molar-refractivity contribution in [1.82, 2.24) is 4.98 Å². The third-order valence-corrected chi connectivity index (χ3v) is 1.52. The summed E-state index contributed by atoms with van der Waals surface area (Å²) in [7, 11) is 0. The van der Waals surface area contributed by atoms with Gasteiger partial charge in [-0.2, -0.15) is 0 Å². The van der Waals surface area contributed by atoms with Crippen LogP contribution < -0.4 is 5.46 Å². The quantitative estimate of drug-likeness (QED) is 0.493. The molecule has 1 heterocycles. The average Bonchev–Trinajstić information content (AvgIpc) is 1.82. The van der Waals surface area contributed by atoms with Crippen molar-refractivity contribution in [3.8, 4) is 0 Å². The average molecular weight is 194 g/mol. The van der Waals surface area contributed by atoms with E-state index in [2.05, 4.69) is 4.98 Å². The zero-order valence-electron chi connectivity index (χ0n) is 6.19. The standard InChI is InChI=1S/C6H5BClF3N/c1-4-2-5(7(9,10)11)3-6(8)12-4/h2-3H,1H3/q-1. The van der Waals surface area contributed by atoms with Crippen molar-refractivity contribution in [1.29, 1.82) is 0 Å². The molecule has 0 aliphatic heterocycles. The fourth-order valence-electron chi connectivity index (χ4n) is 0.842. The minimum absolute atomic E-state index is 0.121. The Morgan fingerprint density at radius 1 is 1.33 bits per heavy atom. The Hall–Kier alpha value is -0.705. The molecule has 1 rings (SSSR count). The van der Waals surface area contributed by atoms with Crippen molar-refractivity contribution in [3.05, 3.63) is 23.0 Å². The molecule has 0 fully saturated rings. The van der Waals surface area contributed by atoms with Crippen LogP contribution in [0.5, 0.6) is 0 Å². The summed E-state index contributed by atoms with van der Waals surface area (Å²) in [6.45, 7) is -3.50. The lowest BCUT2D eigenvalue weighted by molar-refractivity contribution is 0.501. The first-order valence-corrected chi connectivity index (χ1v) is 3.61. The van der Waals surface area contributed by atoms with Crippen LogP contribution in [0.1, 0.15) is 5.69 Å². The largest absolute Gasteiger partial charge is 0.509 e. The highest BCUT2D eigenvalue weighted by Crippen LogP contribution is 2.12. The lowest BCUT2D eigenvalue weighted by atomic mass is 9.80. The van der Waals surface area contributed by atoms with E-state index in [9.17, 15) is 12.9 Å². The highest BCUT2D eigenvalue weighted by molar-refractivity contribution is 6.73. The van der Waals surface area contributed by atoms with Crippen LogP contribution in [0.4, 0.5) is 12.9 Å².